The fourth-order valence-corrected chi connectivity index (χ4v) is 3.45. The molecule has 0 radical (unpaired) electrons. The predicted octanol–water partition coefficient (Wildman–Crippen LogP) is 3.03. The maximum absolute atomic E-state index is 13.1. The normalized spacial score (nSPS) is 20.2. The molecule has 1 amide bonds. The smallest absolute Gasteiger partial charge is 0.227 e. The minimum atomic E-state index is -0.413. The highest BCUT2D eigenvalue weighted by Gasteiger charge is 2.36. The second-order valence-corrected chi connectivity index (χ2v) is 6.79. The van der Waals surface area contributed by atoms with Gasteiger partial charge in [-0.1, -0.05) is 22.8 Å². The zero-order valence-electron chi connectivity index (χ0n) is 14.2. The first-order valence-electron chi connectivity index (χ1n) is 8.13. The van der Waals surface area contributed by atoms with E-state index in [1.165, 1.54) is 12.1 Å². The van der Waals surface area contributed by atoms with Crippen LogP contribution in [0.1, 0.15) is 17.0 Å². The van der Waals surface area contributed by atoms with Gasteiger partial charge in [-0.15, -0.1) is 0 Å². The molecule has 0 unspecified atom stereocenters. The number of hydrogen-bond acceptors (Lipinski definition) is 4. The van der Waals surface area contributed by atoms with Crippen LogP contribution in [0.3, 0.4) is 0 Å². The van der Waals surface area contributed by atoms with Crippen LogP contribution in [-0.2, 0) is 22.4 Å². The number of nitrogens with zero attached hydrogens (tertiary/aromatic N) is 2. The second-order valence-electron chi connectivity index (χ2n) is 6.38. The number of halogens is 2. The van der Waals surface area contributed by atoms with E-state index in [2.05, 4.69) is 5.16 Å². The van der Waals surface area contributed by atoms with Gasteiger partial charge in [0.2, 0.25) is 5.91 Å². The van der Waals surface area contributed by atoms with E-state index >= 15 is 0 Å². The van der Waals surface area contributed by atoms with Gasteiger partial charge in [-0.25, -0.2) is 4.39 Å². The Bertz CT molecular complexity index is 765. The standard InChI is InChI=1S/C18H20ClFN2O3/c1-11-5-15(25-21-11)6-13-9-22(10-17(13)24-2)18(23)7-12-3-4-14(20)8-16(12)19/h3-5,8,13,17H,6-7,9-10H2,1-2H3/t13-,17+/m1/s1. The van der Waals surface area contributed by atoms with Crippen LogP contribution in [0.2, 0.25) is 5.02 Å². The van der Waals surface area contributed by atoms with Gasteiger partial charge in [0, 0.05) is 43.6 Å². The van der Waals surface area contributed by atoms with Crippen LogP contribution >= 0.6 is 11.6 Å². The number of methoxy groups -OCH3 is 1. The van der Waals surface area contributed by atoms with Crippen molar-refractivity contribution < 1.29 is 18.4 Å². The van der Waals surface area contributed by atoms with Gasteiger partial charge < -0.3 is 14.2 Å². The van der Waals surface area contributed by atoms with Crippen LogP contribution in [0.25, 0.3) is 0 Å². The molecule has 2 aromatic rings. The average molecular weight is 367 g/mol. The van der Waals surface area contributed by atoms with Gasteiger partial charge in [-0.2, -0.15) is 0 Å². The van der Waals surface area contributed by atoms with Crippen LogP contribution in [0, 0.1) is 18.7 Å². The molecule has 25 heavy (non-hydrogen) atoms. The van der Waals surface area contributed by atoms with Crippen molar-refractivity contribution in [3.05, 3.63) is 52.1 Å². The first-order valence-corrected chi connectivity index (χ1v) is 8.50. The van der Waals surface area contributed by atoms with E-state index in [0.29, 0.717) is 25.1 Å². The van der Waals surface area contributed by atoms with E-state index in [0.717, 1.165) is 11.5 Å². The summed E-state index contributed by atoms with van der Waals surface area (Å²) in [4.78, 5) is 14.4. The number of carbonyl (C=O) groups excluding carboxylic acids is 1. The molecular weight excluding hydrogens is 347 g/mol. The first kappa shape index (κ1) is 17.9. The van der Waals surface area contributed by atoms with Crippen LogP contribution in [0.4, 0.5) is 4.39 Å². The number of likely N-dealkylation sites (tertiary alicyclic amines) is 1. The van der Waals surface area contributed by atoms with E-state index in [-0.39, 0.29) is 29.4 Å². The summed E-state index contributed by atoms with van der Waals surface area (Å²) in [5.74, 6) is 0.474. The van der Waals surface area contributed by atoms with Crippen molar-refractivity contribution in [2.75, 3.05) is 20.2 Å². The molecular formula is C18H20ClFN2O3. The van der Waals surface area contributed by atoms with Gasteiger partial charge in [0.1, 0.15) is 11.6 Å². The number of hydrogen-bond donors (Lipinski definition) is 0. The summed E-state index contributed by atoms with van der Waals surface area (Å²) in [5.41, 5.74) is 1.46. The molecule has 0 spiro atoms. The molecule has 1 aromatic carbocycles. The lowest BCUT2D eigenvalue weighted by atomic mass is 10.0. The van der Waals surface area contributed by atoms with Crippen LogP contribution in [0.5, 0.6) is 0 Å². The molecule has 2 atom stereocenters. The summed E-state index contributed by atoms with van der Waals surface area (Å²) in [6.07, 6.45) is 0.752. The fraction of sp³-hybridized carbons (Fsp3) is 0.444. The number of aryl methyl sites for hydroxylation is 1. The van der Waals surface area contributed by atoms with Crippen molar-refractivity contribution in [2.24, 2.45) is 5.92 Å². The van der Waals surface area contributed by atoms with Crippen molar-refractivity contribution >= 4 is 17.5 Å². The monoisotopic (exact) mass is 366 g/mol. The number of rotatable bonds is 5. The SMILES string of the molecule is CO[C@H]1CN(C(=O)Cc2ccc(F)cc2Cl)C[C@H]1Cc1cc(C)no1. The van der Waals surface area contributed by atoms with E-state index in [1.54, 1.807) is 18.1 Å². The Morgan fingerprint density at radius 2 is 2.24 bits per heavy atom. The van der Waals surface area contributed by atoms with Gasteiger partial charge in [0.15, 0.2) is 0 Å². The number of amides is 1. The molecule has 0 N–H and O–H groups in total. The quantitative estimate of drug-likeness (QED) is 0.816. The third-order valence-corrected chi connectivity index (χ3v) is 4.89. The molecule has 1 aliphatic rings. The minimum Gasteiger partial charge on any atom is -0.379 e. The van der Waals surface area contributed by atoms with Gasteiger partial charge in [0.05, 0.1) is 18.2 Å². The van der Waals surface area contributed by atoms with Crippen LogP contribution < -0.4 is 0 Å². The molecule has 5 nitrogen and oxygen atoms in total. The Morgan fingerprint density at radius 1 is 1.44 bits per heavy atom. The number of benzene rings is 1. The third kappa shape index (κ3) is 4.19. The summed E-state index contributed by atoms with van der Waals surface area (Å²) in [6, 6.07) is 5.98. The Hall–Kier alpha value is -1.92. The highest BCUT2D eigenvalue weighted by molar-refractivity contribution is 6.31. The number of aromatic nitrogens is 1. The molecule has 1 aliphatic heterocycles. The third-order valence-electron chi connectivity index (χ3n) is 4.53. The second kappa shape index (κ2) is 7.54. The maximum Gasteiger partial charge on any atom is 0.227 e. The van der Waals surface area contributed by atoms with Crippen molar-refractivity contribution in [3.8, 4) is 0 Å². The Labute approximate surface area is 150 Å². The van der Waals surface area contributed by atoms with Gasteiger partial charge in [0.25, 0.3) is 0 Å². The van der Waals surface area contributed by atoms with Crippen LogP contribution in [-0.4, -0.2) is 42.3 Å². The Kier molecular flexibility index (Phi) is 5.39. The largest absolute Gasteiger partial charge is 0.379 e. The highest BCUT2D eigenvalue weighted by atomic mass is 35.5. The molecule has 0 aliphatic carbocycles. The maximum atomic E-state index is 13.1. The lowest BCUT2D eigenvalue weighted by Gasteiger charge is -2.16. The summed E-state index contributed by atoms with van der Waals surface area (Å²) >= 11 is 6.02. The predicted molar refractivity (Wildman–Crippen MR) is 90.9 cm³/mol. The number of carbonyl (C=O) groups is 1. The average Bonchev–Trinajstić information content (AvgIpc) is 3.16. The van der Waals surface area contributed by atoms with Crippen molar-refractivity contribution in [2.45, 2.75) is 25.9 Å². The summed E-state index contributed by atoms with van der Waals surface area (Å²) in [7, 11) is 1.65. The molecule has 1 fully saturated rings. The lowest BCUT2D eigenvalue weighted by Crippen LogP contribution is -2.31. The summed E-state index contributed by atoms with van der Waals surface area (Å²) in [5, 5.41) is 4.16. The van der Waals surface area contributed by atoms with Crippen molar-refractivity contribution in [1.29, 1.82) is 0 Å². The molecule has 2 heterocycles. The zero-order valence-corrected chi connectivity index (χ0v) is 14.9. The molecule has 134 valence electrons. The molecule has 1 aromatic heterocycles. The highest BCUT2D eigenvalue weighted by Crippen LogP contribution is 2.26. The Balaban J connectivity index is 1.65. The van der Waals surface area contributed by atoms with Crippen molar-refractivity contribution in [3.63, 3.8) is 0 Å². The Morgan fingerprint density at radius 3 is 2.88 bits per heavy atom. The first-order chi connectivity index (χ1) is 12.0. The van der Waals surface area contributed by atoms with Gasteiger partial charge in [-0.05, 0) is 24.6 Å². The van der Waals surface area contributed by atoms with E-state index in [9.17, 15) is 9.18 Å². The topological polar surface area (TPSA) is 55.6 Å². The number of ether oxygens (including phenoxy) is 1. The van der Waals surface area contributed by atoms with Crippen LogP contribution in [0.15, 0.2) is 28.8 Å². The molecule has 3 rings (SSSR count). The zero-order chi connectivity index (χ0) is 18.0. The lowest BCUT2D eigenvalue weighted by molar-refractivity contribution is -0.129. The summed E-state index contributed by atoms with van der Waals surface area (Å²) < 4.78 is 23.9. The summed E-state index contributed by atoms with van der Waals surface area (Å²) in [6.45, 7) is 2.97. The molecule has 0 saturated carbocycles. The van der Waals surface area contributed by atoms with E-state index < -0.39 is 5.82 Å². The van der Waals surface area contributed by atoms with Gasteiger partial charge in [-0.3, -0.25) is 4.79 Å². The molecule has 0 bridgehead atoms. The molecule has 1 saturated heterocycles. The van der Waals surface area contributed by atoms with Crippen molar-refractivity contribution in [1.82, 2.24) is 10.1 Å². The van der Waals surface area contributed by atoms with E-state index in [4.69, 9.17) is 20.9 Å². The van der Waals surface area contributed by atoms with E-state index in [1.807, 2.05) is 13.0 Å². The minimum absolute atomic E-state index is 0.0493. The molecule has 7 heteroatoms. The van der Waals surface area contributed by atoms with Gasteiger partial charge >= 0.3 is 0 Å². The fourth-order valence-electron chi connectivity index (χ4n) is 3.22.